The van der Waals surface area contributed by atoms with Crippen LogP contribution in [0.3, 0.4) is 0 Å². The summed E-state index contributed by atoms with van der Waals surface area (Å²) in [6.45, 7) is 5.27. The minimum Gasteiger partial charge on any atom is -0.378 e. The molecule has 2 saturated heterocycles. The van der Waals surface area contributed by atoms with E-state index in [9.17, 15) is 9.59 Å². The summed E-state index contributed by atoms with van der Waals surface area (Å²) in [5.74, 6) is -0.728. The van der Waals surface area contributed by atoms with Crippen molar-refractivity contribution in [3.63, 3.8) is 0 Å². The average molecular weight is 377 g/mol. The molecule has 2 fully saturated rings. The maximum atomic E-state index is 12.7. The van der Waals surface area contributed by atoms with Crippen LogP contribution in [0.4, 0.5) is 11.4 Å². The minimum absolute atomic E-state index is 0.138. The second-order valence-electron chi connectivity index (χ2n) is 6.85. The Bertz CT molecular complexity index is 898. The molecular weight excluding hydrogens is 354 g/mol. The first-order valence-electron chi connectivity index (χ1n) is 9.54. The van der Waals surface area contributed by atoms with Crippen LogP contribution in [0.25, 0.3) is 6.08 Å². The van der Waals surface area contributed by atoms with Crippen molar-refractivity contribution in [1.29, 1.82) is 0 Å². The van der Waals surface area contributed by atoms with Crippen molar-refractivity contribution in [3.05, 3.63) is 65.2 Å². The third kappa shape index (κ3) is 3.64. The number of anilines is 2. The molecule has 2 aliphatic rings. The molecular formula is C22H23N3O3. The molecule has 2 heterocycles. The van der Waals surface area contributed by atoms with Gasteiger partial charge >= 0.3 is 0 Å². The zero-order chi connectivity index (χ0) is 19.5. The molecule has 0 radical (unpaired) electrons. The molecule has 0 aromatic heterocycles. The van der Waals surface area contributed by atoms with Crippen LogP contribution < -0.4 is 15.3 Å². The first-order valence-corrected chi connectivity index (χ1v) is 9.54. The molecule has 2 aliphatic heterocycles. The van der Waals surface area contributed by atoms with E-state index in [1.807, 2.05) is 48.5 Å². The van der Waals surface area contributed by atoms with Crippen LogP contribution in [-0.2, 0) is 20.7 Å². The van der Waals surface area contributed by atoms with Gasteiger partial charge in [0.05, 0.1) is 18.9 Å². The second kappa shape index (κ2) is 7.86. The lowest BCUT2D eigenvalue weighted by Crippen LogP contribution is -2.36. The number of nitrogens with zero attached hydrogens (tertiary/aromatic N) is 2. The predicted octanol–water partition coefficient (Wildman–Crippen LogP) is 2.55. The first kappa shape index (κ1) is 18.3. The van der Waals surface area contributed by atoms with E-state index in [-0.39, 0.29) is 17.4 Å². The number of nitrogens with one attached hydrogen (secondary N) is 1. The molecule has 0 saturated carbocycles. The van der Waals surface area contributed by atoms with Crippen LogP contribution in [0.2, 0.25) is 0 Å². The summed E-state index contributed by atoms with van der Waals surface area (Å²) < 4.78 is 5.38. The number of carbonyl (C=O) groups is 2. The summed E-state index contributed by atoms with van der Waals surface area (Å²) in [4.78, 5) is 27.3. The number of morpholine rings is 1. The van der Waals surface area contributed by atoms with Gasteiger partial charge in [-0.15, -0.1) is 0 Å². The van der Waals surface area contributed by atoms with Crippen molar-refractivity contribution in [2.75, 3.05) is 36.2 Å². The number of carbonyl (C=O) groups excluding carboxylic acids is 2. The van der Waals surface area contributed by atoms with E-state index in [1.165, 1.54) is 10.6 Å². The number of hydrogen-bond donors (Lipinski definition) is 1. The summed E-state index contributed by atoms with van der Waals surface area (Å²) >= 11 is 0. The molecule has 2 aromatic rings. The van der Waals surface area contributed by atoms with Crippen molar-refractivity contribution in [2.45, 2.75) is 13.3 Å². The van der Waals surface area contributed by atoms with Gasteiger partial charge in [-0.25, -0.2) is 5.01 Å². The lowest BCUT2D eigenvalue weighted by molar-refractivity contribution is -0.117. The largest absolute Gasteiger partial charge is 0.378 e. The van der Waals surface area contributed by atoms with Gasteiger partial charge in [0.25, 0.3) is 11.8 Å². The average Bonchev–Trinajstić information content (AvgIpc) is 3.03. The van der Waals surface area contributed by atoms with Crippen molar-refractivity contribution in [1.82, 2.24) is 5.43 Å². The van der Waals surface area contributed by atoms with E-state index in [4.69, 9.17) is 4.74 Å². The van der Waals surface area contributed by atoms with Gasteiger partial charge in [-0.05, 0) is 47.9 Å². The Morgan fingerprint density at radius 2 is 1.61 bits per heavy atom. The SMILES string of the molecule is CCc1ccc(N2NC(=O)/C(=C\c3ccc(N4CCOCC4)cc3)C2=O)cc1. The highest BCUT2D eigenvalue weighted by atomic mass is 16.5. The fraction of sp³-hybridized carbons (Fsp3) is 0.273. The molecule has 0 unspecified atom stereocenters. The van der Waals surface area contributed by atoms with Gasteiger partial charge in [-0.2, -0.15) is 0 Å². The van der Waals surface area contributed by atoms with Gasteiger partial charge in [0.15, 0.2) is 0 Å². The Labute approximate surface area is 164 Å². The Hall–Kier alpha value is -3.12. The number of ether oxygens (including phenoxy) is 1. The molecule has 6 nitrogen and oxygen atoms in total. The second-order valence-corrected chi connectivity index (χ2v) is 6.85. The topological polar surface area (TPSA) is 61.9 Å². The molecule has 2 amide bonds. The van der Waals surface area contributed by atoms with Crippen molar-refractivity contribution >= 4 is 29.3 Å². The summed E-state index contributed by atoms with van der Waals surface area (Å²) in [5.41, 5.74) is 6.55. The fourth-order valence-electron chi connectivity index (χ4n) is 3.39. The molecule has 1 N–H and O–H groups in total. The molecule has 28 heavy (non-hydrogen) atoms. The van der Waals surface area contributed by atoms with Crippen LogP contribution in [0, 0.1) is 0 Å². The molecule has 144 valence electrons. The first-order chi connectivity index (χ1) is 13.7. The van der Waals surface area contributed by atoms with Crippen LogP contribution in [0.5, 0.6) is 0 Å². The molecule has 0 bridgehead atoms. The smallest absolute Gasteiger partial charge is 0.282 e. The maximum Gasteiger partial charge on any atom is 0.282 e. The zero-order valence-electron chi connectivity index (χ0n) is 15.9. The zero-order valence-corrected chi connectivity index (χ0v) is 15.9. The van der Waals surface area contributed by atoms with Gasteiger partial charge in [0.1, 0.15) is 5.57 Å². The summed E-state index contributed by atoms with van der Waals surface area (Å²) in [6.07, 6.45) is 2.56. The third-order valence-corrected chi connectivity index (χ3v) is 5.07. The molecule has 0 atom stereocenters. The van der Waals surface area contributed by atoms with Crippen molar-refractivity contribution < 1.29 is 14.3 Å². The highest BCUT2D eigenvalue weighted by Gasteiger charge is 2.34. The Morgan fingerprint density at radius 1 is 0.964 bits per heavy atom. The van der Waals surface area contributed by atoms with Crippen molar-refractivity contribution in [2.24, 2.45) is 0 Å². The number of hydrazine groups is 1. The van der Waals surface area contributed by atoms with Crippen LogP contribution >= 0.6 is 0 Å². The molecule has 6 heteroatoms. The van der Waals surface area contributed by atoms with Gasteiger partial charge in [0.2, 0.25) is 0 Å². The summed E-state index contributed by atoms with van der Waals surface area (Å²) in [5, 5.41) is 1.30. The Kier molecular flexibility index (Phi) is 5.12. The quantitative estimate of drug-likeness (QED) is 0.657. The van der Waals surface area contributed by atoms with Crippen LogP contribution in [0.15, 0.2) is 54.1 Å². The molecule has 2 aromatic carbocycles. The number of rotatable bonds is 4. The van der Waals surface area contributed by atoms with E-state index in [0.29, 0.717) is 5.69 Å². The van der Waals surface area contributed by atoms with Gasteiger partial charge in [0, 0.05) is 18.8 Å². The van der Waals surface area contributed by atoms with E-state index in [0.717, 1.165) is 44.0 Å². The number of hydrogen-bond acceptors (Lipinski definition) is 4. The van der Waals surface area contributed by atoms with E-state index in [2.05, 4.69) is 17.2 Å². The lowest BCUT2D eigenvalue weighted by atomic mass is 10.1. The van der Waals surface area contributed by atoms with Gasteiger partial charge in [-0.3, -0.25) is 15.0 Å². The number of amides is 2. The van der Waals surface area contributed by atoms with Gasteiger partial charge in [-0.1, -0.05) is 31.2 Å². The van der Waals surface area contributed by atoms with E-state index < -0.39 is 0 Å². The lowest BCUT2D eigenvalue weighted by Gasteiger charge is -2.28. The van der Waals surface area contributed by atoms with Crippen LogP contribution in [-0.4, -0.2) is 38.1 Å². The fourth-order valence-corrected chi connectivity index (χ4v) is 3.39. The summed E-state index contributed by atoms with van der Waals surface area (Å²) in [6, 6.07) is 15.5. The van der Waals surface area contributed by atoms with E-state index in [1.54, 1.807) is 6.08 Å². The maximum absolute atomic E-state index is 12.7. The highest BCUT2D eigenvalue weighted by molar-refractivity contribution is 6.31. The standard InChI is InChI=1S/C22H23N3O3/c1-2-16-3-9-19(10-4-16)25-22(27)20(21(26)23-25)15-17-5-7-18(8-6-17)24-11-13-28-14-12-24/h3-10,15H,2,11-14H2,1H3,(H,23,26)/b20-15+. The number of aryl methyl sites for hydroxylation is 1. The monoisotopic (exact) mass is 377 g/mol. The van der Waals surface area contributed by atoms with Crippen LogP contribution in [0.1, 0.15) is 18.1 Å². The predicted molar refractivity (Wildman–Crippen MR) is 109 cm³/mol. The molecule has 0 spiro atoms. The van der Waals surface area contributed by atoms with E-state index >= 15 is 0 Å². The molecule has 4 rings (SSSR count). The highest BCUT2D eigenvalue weighted by Crippen LogP contribution is 2.23. The summed E-state index contributed by atoms with van der Waals surface area (Å²) in [7, 11) is 0. The Morgan fingerprint density at radius 3 is 2.25 bits per heavy atom. The van der Waals surface area contributed by atoms with Crippen molar-refractivity contribution in [3.8, 4) is 0 Å². The minimum atomic E-state index is -0.387. The number of benzene rings is 2. The van der Waals surface area contributed by atoms with Gasteiger partial charge < -0.3 is 9.64 Å². The normalized spacial score (nSPS) is 18.7. The third-order valence-electron chi connectivity index (χ3n) is 5.07. The molecule has 0 aliphatic carbocycles. The Balaban J connectivity index is 1.52.